The topological polar surface area (TPSA) is 231 Å². The normalized spacial score (nSPS) is 12.5. The summed E-state index contributed by atoms with van der Waals surface area (Å²) in [4.78, 5) is 33.4. The van der Waals surface area contributed by atoms with Crippen molar-refractivity contribution in [3.8, 4) is 5.75 Å². The number of aromatic nitrogens is 4. The number of ether oxygens (including phenoxy) is 1. The molecular formula is C42H42N8O7S2. The molecule has 7 aromatic rings. The first-order chi connectivity index (χ1) is 28.0. The van der Waals surface area contributed by atoms with Gasteiger partial charge in [-0.05, 0) is 78.6 Å². The summed E-state index contributed by atoms with van der Waals surface area (Å²) in [7, 11) is -5.07. The highest BCUT2D eigenvalue weighted by Crippen LogP contribution is 2.38. The molecule has 59 heavy (non-hydrogen) atoms. The number of aryl methyl sites for hydroxylation is 3. The van der Waals surface area contributed by atoms with Gasteiger partial charge in [0, 0.05) is 71.5 Å². The Morgan fingerprint density at radius 1 is 0.763 bits per heavy atom. The van der Waals surface area contributed by atoms with Gasteiger partial charge in [-0.3, -0.25) is 24.2 Å². The van der Waals surface area contributed by atoms with E-state index < -0.39 is 31.5 Å². The van der Waals surface area contributed by atoms with Gasteiger partial charge < -0.3 is 26.8 Å². The molecule has 0 unspecified atom stereocenters. The average molecular weight is 835 g/mol. The number of benzene rings is 4. The van der Waals surface area contributed by atoms with Crippen LogP contribution in [0.5, 0.6) is 5.75 Å². The summed E-state index contributed by atoms with van der Waals surface area (Å²) < 4.78 is 56.3. The van der Waals surface area contributed by atoms with E-state index in [2.05, 4.69) is 25.7 Å². The Hall–Kier alpha value is -6.59. The minimum absolute atomic E-state index is 0.167. The van der Waals surface area contributed by atoms with Gasteiger partial charge in [0.05, 0.1) is 61.6 Å². The molecule has 0 saturated heterocycles. The highest BCUT2D eigenvalue weighted by atomic mass is 32.2. The van der Waals surface area contributed by atoms with E-state index in [1.54, 1.807) is 29.1 Å². The summed E-state index contributed by atoms with van der Waals surface area (Å²) in [5.74, 6) is -0.509. The number of anilines is 4. The smallest absolute Gasteiger partial charge is 0.252 e. The van der Waals surface area contributed by atoms with Gasteiger partial charge in [0.1, 0.15) is 5.75 Å². The van der Waals surface area contributed by atoms with Crippen molar-refractivity contribution >= 4 is 86.9 Å². The van der Waals surface area contributed by atoms with Crippen LogP contribution in [0, 0.1) is 0 Å². The second-order valence-electron chi connectivity index (χ2n) is 14.2. The van der Waals surface area contributed by atoms with Gasteiger partial charge >= 0.3 is 0 Å². The molecule has 17 heteroatoms. The fourth-order valence-corrected chi connectivity index (χ4v) is 8.52. The van der Waals surface area contributed by atoms with Crippen LogP contribution in [-0.4, -0.2) is 67.5 Å². The maximum absolute atomic E-state index is 12.2. The van der Waals surface area contributed by atoms with E-state index in [-0.39, 0.29) is 20.9 Å². The second-order valence-corrected chi connectivity index (χ2v) is 18.2. The number of fused-ring (bicyclic) bond motifs is 4. The molecule has 1 aliphatic heterocycles. The number of primary amides is 2. The van der Waals surface area contributed by atoms with Crippen LogP contribution in [-0.2, 0) is 46.0 Å². The maximum atomic E-state index is 12.2. The molecule has 6 N–H and O–H groups in total. The van der Waals surface area contributed by atoms with E-state index in [9.17, 15) is 26.4 Å². The molecule has 0 saturated carbocycles. The Morgan fingerprint density at radius 3 is 1.85 bits per heavy atom. The van der Waals surface area contributed by atoms with E-state index in [0.29, 0.717) is 58.3 Å². The molecule has 1 aliphatic rings. The zero-order valence-electron chi connectivity index (χ0n) is 33.0. The predicted octanol–water partition coefficient (Wildman–Crippen LogP) is 5.91. The van der Waals surface area contributed by atoms with Crippen molar-refractivity contribution in [2.24, 2.45) is 18.5 Å². The molecule has 4 aromatic carbocycles. The minimum atomic E-state index is -3.46. The number of hydrogen-bond donors (Lipinski definition) is 4. The molecule has 304 valence electrons. The van der Waals surface area contributed by atoms with Crippen LogP contribution in [0.15, 0.2) is 89.0 Å². The number of carbonyl (C=O) groups excluding carboxylic acids is 2. The first kappa shape index (κ1) is 40.6. The third-order valence-corrected chi connectivity index (χ3v) is 12.4. The van der Waals surface area contributed by atoms with Gasteiger partial charge in [0.15, 0.2) is 19.7 Å². The molecule has 0 fully saturated rings. The van der Waals surface area contributed by atoms with Crippen molar-refractivity contribution < 1.29 is 31.2 Å². The zero-order valence-corrected chi connectivity index (χ0v) is 34.6. The van der Waals surface area contributed by atoms with Crippen LogP contribution in [0.4, 0.5) is 22.7 Å². The molecule has 2 amide bonds. The Balaban J connectivity index is 0.000000179. The van der Waals surface area contributed by atoms with Crippen LogP contribution in [0.3, 0.4) is 0 Å². The highest BCUT2D eigenvalue weighted by Gasteiger charge is 2.23. The monoisotopic (exact) mass is 834 g/mol. The lowest BCUT2D eigenvalue weighted by molar-refractivity contribution is 0.0992. The minimum Gasteiger partial charge on any atom is -0.493 e. The number of rotatable bonds is 10. The third-order valence-electron chi connectivity index (χ3n) is 10.2. The van der Waals surface area contributed by atoms with E-state index in [1.165, 1.54) is 18.5 Å². The Labute approximate surface area is 340 Å². The molecule has 0 aliphatic carbocycles. The Kier molecular flexibility index (Phi) is 10.8. The lowest BCUT2D eigenvalue weighted by Crippen LogP contribution is -2.15. The van der Waals surface area contributed by atoms with E-state index in [1.807, 2.05) is 57.3 Å². The number of nitrogens with one attached hydrogen (secondary N) is 2. The van der Waals surface area contributed by atoms with Crippen LogP contribution >= 0.6 is 0 Å². The summed E-state index contributed by atoms with van der Waals surface area (Å²) >= 11 is 0. The first-order valence-electron chi connectivity index (χ1n) is 18.6. The number of nitrogens with two attached hydrogens (primary N) is 2. The van der Waals surface area contributed by atoms with Gasteiger partial charge in [-0.1, -0.05) is 19.9 Å². The summed E-state index contributed by atoms with van der Waals surface area (Å²) in [6.07, 6.45) is 8.86. The van der Waals surface area contributed by atoms with Crippen molar-refractivity contribution in [1.29, 1.82) is 0 Å². The van der Waals surface area contributed by atoms with E-state index >= 15 is 0 Å². The van der Waals surface area contributed by atoms with E-state index in [0.717, 1.165) is 58.0 Å². The standard InChI is InChI=1S/C21H21N5O3S.C21H21N3O4S/c1-4-12-7-15(30(3,28)29)9-16-19(12)23-11-17(21(22)27)20(16)25-14-6-5-13-10-24-26(2)18(13)8-14;1-3-12-9-13(29(2,26)27)10-15-19(12)23-11-16(21(22)25)20(15)24-17-5-4-6-18-14(17)7-8-28-18/h5-11H,4H2,1-3H3,(H2,22,27)(H,23,25);4-6,9-11H,3,7-8H2,1-2H3,(H2,22,25)(H,23,24). The SMILES string of the molecule is CCc1cc(S(C)(=O)=O)cc2c(Nc3ccc4cnn(C)c4c3)c(C(N)=O)cnc12.CCc1cc(S(C)(=O)=O)cc2c(Nc3cccc4c3CCO4)c(C(N)=O)cnc12. The fourth-order valence-electron chi connectivity index (χ4n) is 7.14. The highest BCUT2D eigenvalue weighted by molar-refractivity contribution is 7.91. The fraction of sp³-hybridized carbons (Fsp3) is 0.214. The summed E-state index contributed by atoms with van der Waals surface area (Å²) in [6, 6.07) is 17.7. The van der Waals surface area contributed by atoms with Gasteiger partial charge in [-0.15, -0.1) is 0 Å². The molecule has 4 heterocycles. The quantitative estimate of drug-likeness (QED) is 0.126. The van der Waals surface area contributed by atoms with Crippen LogP contribution in [0.2, 0.25) is 0 Å². The van der Waals surface area contributed by atoms with Crippen molar-refractivity contribution in [3.05, 3.63) is 107 Å². The average Bonchev–Trinajstić information content (AvgIpc) is 3.83. The van der Waals surface area contributed by atoms with Gasteiger partial charge in [0.2, 0.25) is 0 Å². The summed E-state index contributed by atoms with van der Waals surface area (Å²) in [6.45, 7) is 4.44. The molecule has 8 rings (SSSR count). The Bertz CT molecular complexity index is 3090. The Morgan fingerprint density at radius 2 is 1.32 bits per heavy atom. The molecule has 0 radical (unpaired) electrons. The summed E-state index contributed by atoms with van der Waals surface area (Å²) in [5, 5.41) is 12.9. The van der Waals surface area contributed by atoms with Crippen molar-refractivity contribution in [2.45, 2.75) is 42.9 Å². The first-order valence-corrected chi connectivity index (χ1v) is 22.4. The van der Waals surface area contributed by atoms with Gasteiger partial charge in [-0.25, -0.2) is 16.8 Å². The molecule has 0 bridgehead atoms. The van der Waals surface area contributed by atoms with Crippen molar-refractivity contribution in [1.82, 2.24) is 19.7 Å². The molecule has 0 spiro atoms. The molecule has 3 aromatic heterocycles. The number of hydrogen-bond acceptors (Lipinski definition) is 12. The molecular weight excluding hydrogens is 793 g/mol. The van der Waals surface area contributed by atoms with Gasteiger partial charge in [-0.2, -0.15) is 5.10 Å². The number of carbonyl (C=O) groups is 2. The lowest BCUT2D eigenvalue weighted by Gasteiger charge is -2.17. The van der Waals surface area contributed by atoms with Crippen LogP contribution in [0.1, 0.15) is 51.3 Å². The van der Waals surface area contributed by atoms with Crippen molar-refractivity contribution in [3.63, 3.8) is 0 Å². The zero-order chi connectivity index (χ0) is 42.4. The van der Waals surface area contributed by atoms with E-state index in [4.69, 9.17) is 16.2 Å². The lowest BCUT2D eigenvalue weighted by atomic mass is 10.0. The largest absolute Gasteiger partial charge is 0.493 e. The molecule has 15 nitrogen and oxygen atoms in total. The summed E-state index contributed by atoms with van der Waals surface area (Å²) in [5.41, 5.74) is 18.7. The van der Waals surface area contributed by atoms with Crippen molar-refractivity contribution in [2.75, 3.05) is 29.8 Å². The predicted molar refractivity (Wildman–Crippen MR) is 228 cm³/mol. The molecule has 0 atom stereocenters. The number of sulfone groups is 2. The van der Waals surface area contributed by atoms with Gasteiger partial charge in [0.25, 0.3) is 11.8 Å². The maximum Gasteiger partial charge on any atom is 0.252 e. The number of amides is 2. The number of nitrogens with zero attached hydrogens (tertiary/aromatic N) is 4. The number of pyridine rings is 2. The van der Waals surface area contributed by atoms with Crippen LogP contribution in [0.25, 0.3) is 32.7 Å². The second kappa shape index (κ2) is 15.6. The van der Waals surface area contributed by atoms with Crippen LogP contribution < -0.4 is 26.8 Å². The third kappa shape index (κ3) is 7.98.